The molecule has 1 fully saturated rings. The molecule has 0 atom stereocenters. The highest BCUT2D eigenvalue weighted by Gasteiger charge is 2.28. The Morgan fingerprint density at radius 3 is 2.33 bits per heavy atom. The van der Waals surface area contributed by atoms with Gasteiger partial charge in [0.25, 0.3) is 5.91 Å². The van der Waals surface area contributed by atoms with Crippen molar-refractivity contribution in [1.82, 2.24) is 9.62 Å². The van der Waals surface area contributed by atoms with Crippen molar-refractivity contribution in [2.75, 3.05) is 32.1 Å². The topological polar surface area (TPSA) is 69.7 Å². The van der Waals surface area contributed by atoms with Crippen molar-refractivity contribution in [2.45, 2.75) is 38.1 Å². The molecule has 2 aromatic rings. The van der Waals surface area contributed by atoms with E-state index in [-0.39, 0.29) is 10.8 Å². The summed E-state index contributed by atoms with van der Waals surface area (Å²) in [7, 11) is 0.365. The van der Waals surface area contributed by atoms with Crippen LogP contribution in [0.15, 0.2) is 47.4 Å². The normalized spacial score (nSPS) is 15.7. The van der Waals surface area contributed by atoms with Crippen LogP contribution in [0.3, 0.4) is 0 Å². The molecule has 2 aromatic carbocycles. The predicted molar refractivity (Wildman–Crippen MR) is 120 cm³/mol. The molecule has 30 heavy (non-hydrogen) atoms. The molecule has 0 radical (unpaired) electrons. The maximum atomic E-state index is 13.0. The van der Waals surface area contributed by atoms with Crippen LogP contribution in [0.2, 0.25) is 0 Å². The summed E-state index contributed by atoms with van der Waals surface area (Å²) in [5.74, 6) is 0.274. The monoisotopic (exact) mass is 429 g/mol. The molecule has 1 N–H and O–H groups in total. The second-order valence-electron chi connectivity index (χ2n) is 8.31. The number of carbonyl (C=O) groups excluding carboxylic acids is 1. The van der Waals surface area contributed by atoms with Gasteiger partial charge in [-0.1, -0.05) is 25.1 Å². The molecule has 0 saturated carbocycles. The van der Waals surface area contributed by atoms with Crippen molar-refractivity contribution in [1.29, 1.82) is 0 Å². The molecule has 1 amide bonds. The molecule has 0 aliphatic carbocycles. The molecule has 7 heteroatoms. The third kappa shape index (κ3) is 5.02. The second kappa shape index (κ2) is 9.18. The fourth-order valence-corrected chi connectivity index (χ4v) is 5.07. The third-order valence-electron chi connectivity index (χ3n) is 5.74. The van der Waals surface area contributed by atoms with E-state index < -0.39 is 10.0 Å². The van der Waals surface area contributed by atoms with E-state index in [1.807, 2.05) is 50.2 Å². The van der Waals surface area contributed by atoms with Crippen LogP contribution >= 0.6 is 0 Å². The van der Waals surface area contributed by atoms with Gasteiger partial charge in [0, 0.05) is 45.0 Å². The van der Waals surface area contributed by atoms with Crippen molar-refractivity contribution in [3.63, 3.8) is 0 Å². The summed E-state index contributed by atoms with van der Waals surface area (Å²) in [5, 5.41) is 2.91. The maximum Gasteiger partial charge on any atom is 0.251 e. The summed E-state index contributed by atoms with van der Waals surface area (Å²) in [5.41, 5.74) is 3.22. The van der Waals surface area contributed by atoms with Crippen LogP contribution in [-0.2, 0) is 16.6 Å². The van der Waals surface area contributed by atoms with Crippen LogP contribution in [-0.4, -0.2) is 45.8 Å². The van der Waals surface area contributed by atoms with Gasteiger partial charge in [0.05, 0.1) is 4.90 Å². The first-order valence-electron chi connectivity index (χ1n) is 10.3. The smallest absolute Gasteiger partial charge is 0.251 e. The number of aryl methyl sites for hydroxylation is 1. The van der Waals surface area contributed by atoms with Gasteiger partial charge in [0.15, 0.2) is 0 Å². The van der Waals surface area contributed by atoms with Crippen LogP contribution < -0.4 is 10.2 Å². The van der Waals surface area contributed by atoms with Crippen molar-refractivity contribution < 1.29 is 13.2 Å². The van der Waals surface area contributed by atoms with E-state index in [0.717, 1.165) is 29.7 Å². The lowest BCUT2D eigenvalue weighted by atomic mass is 10.0. The van der Waals surface area contributed by atoms with Crippen LogP contribution in [0.5, 0.6) is 0 Å². The average molecular weight is 430 g/mol. The van der Waals surface area contributed by atoms with Crippen LogP contribution in [0.1, 0.15) is 41.3 Å². The van der Waals surface area contributed by atoms with Gasteiger partial charge in [-0.2, -0.15) is 4.31 Å². The molecular weight excluding hydrogens is 398 g/mol. The van der Waals surface area contributed by atoms with Gasteiger partial charge >= 0.3 is 0 Å². The van der Waals surface area contributed by atoms with Gasteiger partial charge in [0.1, 0.15) is 0 Å². The predicted octanol–water partition coefficient (Wildman–Crippen LogP) is 3.41. The number of sulfonamides is 1. The molecule has 1 aliphatic rings. The number of piperidine rings is 1. The molecule has 1 heterocycles. The zero-order valence-corrected chi connectivity index (χ0v) is 19.0. The Balaban J connectivity index is 1.73. The fourth-order valence-electron chi connectivity index (χ4n) is 3.57. The van der Waals surface area contributed by atoms with Crippen LogP contribution in [0.25, 0.3) is 0 Å². The number of nitrogens with one attached hydrogen (secondary N) is 1. The standard InChI is InChI=1S/C23H31N3O3S/c1-17-11-13-26(14-12-17)30(28,29)21-10-5-18(2)22(15-21)23(27)24-16-19-6-8-20(9-7-19)25(3)4/h5-10,15,17H,11-14,16H2,1-4H3,(H,24,27). The van der Waals surface area contributed by atoms with E-state index in [4.69, 9.17) is 0 Å². The number of hydrogen-bond donors (Lipinski definition) is 1. The first-order chi connectivity index (χ1) is 14.2. The Morgan fingerprint density at radius 2 is 1.73 bits per heavy atom. The highest BCUT2D eigenvalue weighted by molar-refractivity contribution is 7.89. The van der Waals surface area contributed by atoms with Crippen molar-refractivity contribution in [3.8, 4) is 0 Å². The minimum Gasteiger partial charge on any atom is -0.378 e. The molecule has 1 saturated heterocycles. The van der Waals surface area contributed by atoms with Crippen LogP contribution in [0.4, 0.5) is 5.69 Å². The molecule has 0 bridgehead atoms. The maximum absolute atomic E-state index is 13.0. The molecule has 6 nitrogen and oxygen atoms in total. The second-order valence-corrected chi connectivity index (χ2v) is 10.2. The van der Waals surface area contributed by atoms with E-state index >= 15 is 0 Å². The summed E-state index contributed by atoms with van der Waals surface area (Å²) in [6.45, 7) is 5.41. The van der Waals surface area contributed by atoms with E-state index in [2.05, 4.69) is 12.2 Å². The molecular formula is C23H31N3O3S. The first kappa shape index (κ1) is 22.3. The van der Waals surface area contributed by atoms with Crippen molar-refractivity contribution in [3.05, 3.63) is 59.2 Å². The van der Waals surface area contributed by atoms with E-state index in [1.165, 1.54) is 10.4 Å². The number of amides is 1. The Labute approximate surface area is 179 Å². The average Bonchev–Trinajstić information content (AvgIpc) is 2.72. The van der Waals surface area contributed by atoms with E-state index in [0.29, 0.717) is 31.1 Å². The largest absolute Gasteiger partial charge is 0.378 e. The lowest BCUT2D eigenvalue weighted by molar-refractivity contribution is 0.0950. The Bertz CT molecular complexity index is 993. The SMILES string of the molecule is Cc1ccc(S(=O)(=O)N2CCC(C)CC2)cc1C(=O)NCc1ccc(N(C)C)cc1. The first-order valence-corrected chi connectivity index (χ1v) is 11.8. The highest BCUT2D eigenvalue weighted by atomic mass is 32.2. The molecule has 0 spiro atoms. The van der Waals surface area contributed by atoms with Gasteiger partial charge in [-0.25, -0.2) is 8.42 Å². The van der Waals surface area contributed by atoms with Crippen LogP contribution in [0, 0.1) is 12.8 Å². The lowest BCUT2D eigenvalue weighted by Gasteiger charge is -2.29. The number of hydrogen-bond acceptors (Lipinski definition) is 4. The number of benzene rings is 2. The van der Waals surface area contributed by atoms with Gasteiger partial charge in [-0.15, -0.1) is 0 Å². The third-order valence-corrected chi connectivity index (χ3v) is 7.63. The van der Waals surface area contributed by atoms with Gasteiger partial charge in [-0.05, 0) is 61.1 Å². The molecule has 162 valence electrons. The van der Waals surface area contributed by atoms with Crippen molar-refractivity contribution >= 4 is 21.6 Å². The number of anilines is 1. The Kier molecular flexibility index (Phi) is 6.83. The zero-order chi connectivity index (χ0) is 21.9. The zero-order valence-electron chi connectivity index (χ0n) is 18.2. The Hall–Kier alpha value is -2.38. The lowest BCUT2D eigenvalue weighted by Crippen LogP contribution is -2.38. The number of carbonyl (C=O) groups is 1. The van der Waals surface area contributed by atoms with Gasteiger partial charge in [0.2, 0.25) is 10.0 Å². The molecule has 0 aromatic heterocycles. The summed E-state index contributed by atoms with van der Waals surface area (Å²) in [4.78, 5) is 15.0. The summed E-state index contributed by atoms with van der Waals surface area (Å²) < 4.78 is 27.6. The fraction of sp³-hybridized carbons (Fsp3) is 0.435. The van der Waals surface area contributed by atoms with Gasteiger partial charge < -0.3 is 10.2 Å². The quantitative estimate of drug-likeness (QED) is 0.764. The molecule has 3 rings (SSSR count). The van der Waals surface area contributed by atoms with E-state index in [9.17, 15) is 13.2 Å². The van der Waals surface area contributed by atoms with Gasteiger partial charge in [-0.3, -0.25) is 4.79 Å². The summed E-state index contributed by atoms with van der Waals surface area (Å²) in [6.07, 6.45) is 1.73. The van der Waals surface area contributed by atoms with Crippen molar-refractivity contribution in [2.24, 2.45) is 5.92 Å². The number of nitrogens with zero attached hydrogens (tertiary/aromatic N) is 2. The minimum absolute atomic E-state index is 0.183. The Morgan fingerprint density at radius 1 is 1.10 bits per heavy atom. The minimum atomic E-state index is -3.59. The summed E-state index contributed by atoms with van der Waals surface area (Å²) >= 11 is 0. The molecule has 1 aliphatic heterocycles. The molecule has 0 unspecified atom stereocenters. The number of rotatable bonds is 6. The highest BCUT2D eigenvalue weighted by Crippen LogP contribution is 2.25. The summed E-state index contributed by atoms with van der Waals surface area (Å²) in [6, 6.07) is 12.8. The van der Waals surface area contributed by atoms with E-state index in [1.54, 1.807) is 12.1 Å².